The van der Waals surface area contributed by atoms with Gasteiger partial charge in [0.1, 0.15) is 0 Å². The lowest BCUT2D eigenvalue weighted by atomic mass is 10.0. The Kier molecular flexibility index (Phi) is 7.38. The van der Waals surface area contributed by atoms with Crippen molar-refractivity contribution in [3.8, 4) is 0 Å². The molecule has 1 atom stereocenters. The van der Waals surface area contributed by atoms with E-state index in [1.807, 2.05) is 35.4 Å². The highest BCUT2D eigenvalue weighted by molar-refractivity contribution is 8.00. The fraction of sp³-hybridized carbons (Fsp3) is 0.310. The van der Waals surface area contributed by atoms with Gasteiger partial charge in [0.05, 0.1) is 6.33 Å². The first-order chi connectivity index (χ1) is 17.1. The van der Waals surface area contributed by atoms with E-state index in [9.17, 15) is 4.79 Å². The Labute approximate surface area is 211 Å². The predicted octanol–water partition coefficient (Wildman–Crippen LogP) is 5.50. The lowest BCUT2D eigenvalue weighted by molar-refractivity contribution is -0.129. The number of piperazine rings is 1. The third-order valence-corrected chi connectivity index (χ3v) is 8.03. The largest absolute Gasteiger partial charge is 0.368 e. The normalized spacial score (nSPS) is 14.9. The van der Waals surface area contributed by atoms with Crippen LogP contribution in [0.3, 0.4) is 0 Å². The Balaban J connectivity index is 1.23. The standard InChI is InChI=1S/C29H32N4OS/c1-23(34)32-16-18-33(19-17-32)27-9-12-28(13-10-27)35-29(21-31-15-14-30-22-31)11-7-24-6-8-25-4-2-3-5-26(25)20-24/h2-6,8-10,12-15,20,22,29H,7,11,16-19,21H2,1H3. The van der Waals surface area contributed by atoms with E-state index < -0.39 is 0 Å². The Bertz CT molecular complexity index is 1250. The van der Waals surface area contributed by atoms with Crippen molar-refractivity contribution in [2.75, 3.05) is 31.1 Å². The van der Waals surface area contributed by atoms with Gasteiger partial charge in [-0.3, -0.25) is 4.79 Å². The van der Waals surface area contributed by atoms with Crippen LogP contribution in [-0.2, 0) is 17.8 Å². The number of hydrogen-bond acceptors (Lipinski definition) is 4. The van der Waals surface area contributed by atoms with E-state index >= 15 is 0 Å². The Morgan fingerprint density at radius 3 is 2.46 bits per heavy atom. The number of nitrogens with zero attached hydrogens (tertiary/aromatic N) is 4. The molecule has 2 heterocycles. The van der Waals surface area contributed by atoms with Gasteiger partial charge in [0, 0.05) is 67.9 Å². The van der Waals surface area contributed by atoms with Crippen LogP contribution in [0.4, 0.5) is 5.69 Å². The van der Waals surface area contributed by atoms with E-state index in [2.05, 4.69) is 81.2 Å². The zero-order valence-electron chi connectivity index (χ0n) is 20.2. The quantitative estimate of drug-likeness (QED) is 0.310. The molecular formula is C29H32N4OS. The van der Waals surface area contributed by atoms with Crippen LogP contribution >= 0.6 is 11.8 Å². The van der Waals surface area contributed by atoms with Gasteiger partial charge in [-0.2, -0.15) is 0 Å². The van der Waals surface area contributed by atoms with Crippen LogP contribution < -0.4 is 4.90 Å². The maximum absolute atomic E-state index is 11.6. The van der Waals surface area contributed by atoms with Crippen LogP contribution in [0.15, 0.2) is 90.3 Å². The predicted molar refractivity (Wildman–Crippen MR) is 145 cm³/mol. The molecule has 1 aliphatic rings. The fourth-order valence-corrected chi connectivity index (χ4v) is 5.91. The molecule has 1 amide bonds. The molecule has 35 heavy (non-hydrogen) atoms. The minimum atomic E-state index is 0.170. The summed E-state index contributed by atoms with van der Waals surface area (Å²) < 4.78 is 2.18. The van der Waals surface area contributed by atoms with Crippen LogP contribution in [0.5, 0.6) is 0 Å². The first kappa shape index (κ1) is 23.5. The van der Waals surface area contributed by atoms with Crippen molar-refractivity contribution in [1.29, 1.82) is 0 Å². The minimum Gasteiger partial charge on any atom is -0.368 e. The van der Waals surface area contributed by atoms with Gasteiger partial charge < -0.3 is 14.4 Å². The first-order valence-electron chi connectivity index (χ1n) is 12.3. The van der Waals surface area contributed by atoms with Crippen molar-refractivity contribution >= 4 is 34.1 Å². The number of thioether (sulfide) groups is 1. The molecule has 1 saturated heterocycles. The highest BCUT2D eigenvalue weighted by Gasteiger charge is 2.19. The van der Waals surface area contributed by atoms with Gasteiger partial charge in [-0.25, -0.2) is 4.98 Å². The number of rotatable bonds is 8. The molecule has 5 rings (SSSR count). The number of carbonyl (C=O) groups is 1. The molecule has 1 aliphatic heterocycles. The number of aryl methyl sites for hydroxylation is 1. The summed E-state index contributed by atoms with van der Waals surface area (Å²) in [7, 11) is 0. The summed E-state index contributed by atoms with van der Waals surface area (Å²) in [5, 5.41) is 3.05. The highest BCUT2D eigenvalue weighted by atomic mass is 32.2. The molecule has 6 heteroatoms. The van der Waals surface area contributed by atoms with Gasteiger partial charge in [-0.15, -0.1) is 11.8 Å². The van der Waals surface area contributed by atoms with Crippen molar-refractivity contribution in [3.05, 3.63) is 91.0 Å². The van der Waals surface area contributed by atoms with E-state index in [4.69, 9.17) is 0 Å². The molecule has 4 aromatic rings. The van der Waals surface area contributed by atoms with Crippen LogP contribution in [0.1, 0.15) is 18.9 Å². The average molecular weight is 485 g/mol. The molecule has 3 aromatic carbocycles. The second-order valence-electron chi connectivity index (χ2n) is 9.21. The minimum absolute atomic E-state index is 0.170. The molecule has 0 radical (unpaired) electrons. The fourth-order valence-electron chi connectivity index (χ4n) is 4.75. The number of fused-ring (bicyclic) bond motifs is 1. The van der Waals surface area contributed by atoms with Crippen LogP contribution in [0.2, 0.25) is 0 Å². The van der Waals surface area contributed by atoms with Gasteiger partial charge in [0.15, 0.2) is 0 Å². The summed E-state index contributed by atoms with van der Waals surface area (Å²) in [5.41, 5.74) is 2.62. The number of amides is 1. The second-order valence-corrected chi connectivity index (χ2v) is 10.6. The maximum Gasteiger partial charge on any atom is 0.219 e. The van der Waals surface area contributed by atoms with Crippen LogP contribution in [0.25, 0.3) is 10.8 Å². The van der Waals surface area contributed by atoms with E-state index in [0.717, 1.165) is 45.6 Å². The van der Waals surface area contributed by atoms with Gasteiger partial charge in [-0.1, -0.05) is 42.5 Å². The van der Waals surface area contributed by atoms with Gasteiger partial charge >= 0.3 is 0 Å². The highest BCUT2D eigenvalue weighted by Crippen LogP contribution is 2.30. The average Bonchev–Trinajstić information content (AvgIpc) is 3.41. The van der Waals surface area contributed by atoms with E-state index in [-0.39, 0.29) is 5.91 Å². The molecule has 0 N–H and O–H groups in total. The van der Waals surface area contributed by atoms with Gasteiger partial charge in [0.25, 0.3) is 0 Å². The SMILES string of the molecule is CC(=O)N1CCN(c2ccc(SC(CCc3ccc4ccccc4c3)Cn3ccnc3)cc2)CC1. The number of aromatic nitrogens is 2. The Hall–Kier alpha value is -3.25. The molecule has 1 fully saturated rings. The molecule has 0 saturated carbocycles. The van der Waals surface area contributed by atoms with Crippen molar-refractivity contribution in [3.63, 3.8) is 0 Å². The van der Waals surface area contributed by atoms with Gasteiger partial charge in [0.2, 0.25) is 5.91 Å². The van der Waals surface area contributed by atoms with E-state index in [1.165, 1.54) is 26.9 Å². The number of anilines is 1. The third kappa shape index (κ3) is 6.06. The third-order valence-electron chi connectivity index (χ3n) is 6.77. The molecule has 0 aliphatic carbocycles. The monoisotopic (exact) mass is 484 g/mol. The zero-order chi connectivity index (χ0) is 24.0. The number of carbonyl (C=O) groups excluding carboxylic acids is 1. The molecule has 180 valence electrons. The zero-order valence-corrected chi connectivity index (χ0v) is 21.0. The lowest BCUT2D eigenvalue weighted by Gasteiger charge is -2.35. The molecule has 5 nitrogen and oxygen atoms in total. The summed E-state index contributed by atoms with van der Waals surface area (Å²) in [6.45, 7) is 5.97. The number of hydrogen-bond donors (Lipinski definition) is 0. The molecule has 0 bridgehead atoms. The summed E-state index contributed by atoms with van der Waals surface area (Å²) in [6.07, 6.45) is 7.96. The molecule has 1 aromatic heterocycles. The number of imidazole rings is 1. The summed E-state index contributed by atoms with van der Waals surface area (Å²) in [5.74, 6) is 0.170. The summed E-state index contributed by atoms with van der Waals surface area (Å²) in [6, 6.07) is 24.3. The number of benzene rings is 3. The van der Waals surface area contributed by atoms with Crippen molar-refractivity contribution in [1.82, 2.24) is 14.5 Å². The Morgan fingerprint density at radius 2 is 1.74 bits per heavy atom. The smallest absolute Gasteiger partial charge is 0.219 e. The second kappa shape index (κ2) is 11.0. The van der Waals surface area contributed by atoms with Crippen molar-refractivity contribution in [2.24, 2.45) is 0 Å². The van der Waals surface area contributed by atoms with Gasteiger partial charge in [-0.05, 0) is 53.4 Å². The molecule has 0 spiro atoms. The van der Waals surface area contributed by atoms with Crippen LogP contribution in [-0.4, -0.2) is 51.8 Å². The summed E-state index contributed by atoms with van der Waals surface area (Å²) in [4.78, 5) is 21.4. The molecular weight excluding hydrogens is 452 g/mol. The van der Waals surface area contributed by atoms with Crippen molar-refractivity contribution in [2.45, 2.75) is 36.5 Å². The topological polar surface area (TPSA) is 41.4 Å². The van der Waals surface area contributed by atoms with E-state index in [0.29, 0.717) is 5.25 Å². The lowest BCUT2D eigenvalue weighted by Crippen LogP contribution is -2.48. The Morgan fingerprint density at radius 1 is 0.971 bits per heavy atom. The van der Waals surface area contributed by atoms with Crippen LogP contribution in [0, 0.1) is 0 Å². The maximum atomic E-state index is 11.6. The first-order valence-corrected chi connectivity index (χ1v) is 13.2. The van der Waals surface area contributed by atoms with E-state index in [1.54, 1.807) is 6.92 Å². The summed E-state index contributed by atoms with van der Waals surface area (Å²) >= 11 is 1.95. The van der Waals surface area contributed by atoms with Crippen molar-refractivity contribution < 1.29 is 4.79 Å². The molecule has 1 unspecified atom stereocenters.